The summed E-state index contributed by atoms with van der Waals surface area (Å²) in [6.45, 7) is 0.786. The van der Waals surface area contributed by atoms with E-state index >= 15 is 0 Å². The first kappa shape index (κ1) is 30.0. The summed E-state index contributed by atoms with van der Waals surface area (Å²) in [5.74, 6) is 0.883. The number of para-hydroxylation sites is 1. The lowest BCUT2D eigenvalue weighted by atomic mass is 9.96. The van der Waals surface area contributed by atoms with E-state index in [9.17, 15) is 0 Å². The number of nitrogens with one attached hydrogen (secondary N) is 2. The summed E-state index contributed by atoms with van der Waals surface area (Å²) in [6.07, 6.45) is 14.5. The topological polar surface area (TPSA) is 55.0 Å². The first-order valence-electron chi connectivity index (χ1n) is 17.7. The Morgan fingerprint density at radius 3 is 2.10 bits per heavy atom. The van der Waals surface area contributed by atoms with Crippen LogP contribution in [-0.2, 0) is 0 Å². The van der Waals surface area contributed by atoms with Crippen molar-refractivity contribution < 1.29 is 4.42 Å². The third-order valence-electron chi connectivity index (χ3n) is 10.2. The van der Waals surface area contributed by atoms with E-state index in [0.717, 1.165) is 89.7 Å². The Balaban J connectivity index is 1.18. The molecule has 10 rings (SSSR count). The summed E-state index contributed by atoms with van der Waals surface area (Å²) in [6, 6.07) is 47.2. The number of rotatable bonds is 6. The summed E-state index contributed by atoms with van der Waals surface area (Å²) < 4.78 is 9.46. The molecular formula is C47H34N4O. The van der Waals surface area contributed by atoms with E-state index in [2.05, 4.69) is 160 Å². The molecule has 1 atom stereocenters. The molecule has 0 bridgehead atoms. The highest BCUT2D eigenvalue weighted by molar-refractivity contribution is 6.22. The number of hydrogen-bond acceptors (Lipinski definition) is 4. The van der Waals surface area contributed by atoms with Crippen molar-refractivity contribution in [1.82, 2.24) is 20.2 Å². The SMILES string of the molecule is C1=CC(C2=CC(c3ccc(-c4ccncc4)cc3)=CC(n3c4ccccc4c4c5oc(-c6ccccc6)c(-c6ccccc6)c5ccc43)N2)=CCN1. The van der Waals surface area contributed by atoms with Crippen LogP contribution in [0.25, 0.3) is 71.9 Å². The van der Waals surface area contributed by atoms with Gasteiger partial charge >= 0.3 is 0 Å². The molecule has 0 spiro atoms. The predicted octanol–water partition coefficient (Wildman–Crippen LogP) is 11.0. The van der Waals surface area contributed by atoms with Crippen molar-refractivity contribution in [2.24, 2.45) is 0 Å². The van der Waals surface area contributed by atoms with Gasteiger partial charge in [0.2, 0.25) is 0 Å². The molecule has 0 fully saturated rings. The molecule has 2 aliphatic rings. The van der Waals surface area contributed by atoms with Crippen LogP contribution in [0.1, 0.15) is 11.7 Å². The van der Waals surface area contributed by atoms with Gasteiger partial charge < -0.3 is 19.6 Å². The molecule has 1 unspecified atom stereocenters. The smallest absolute Gasteiger partial charge is 0.145 e. The lowest BCUT2D eigenvalue weighted by molar-refractivity contribution is 0.561. The second-order valence-corrected chi connectivity index (χ2v) is 13.2. The van der Waals surface area contributed by atoms with Crippen molar-refractivity contribution >= 4 is 38.3 Å². The Morgan fingerprint density at radius 1 is 0.615 bits per heavy atom. The van der Waals surface area contributed by atoms with Gasteiger partial charge in [0.15, 0.2) is 0 Å². The molecule has 3 aromatic heterocycles. The van der Waals surface area contributed by atoms with E-state index in [4.69, 9.17) is 4.42 Å². The van der Waals surface area contributed by atoms with Gasteiger partial charge in [-0.3, -0.25) is 4.98 Å². The Kier molecular flexibility index (Phi) is 7.21. The Labute approximate surface area is 301 Å². The summed E-state index contributed by atoms with van der Waals surface area (Å²) in [5.41, 5.74) is 13.4. The number of dihydropyridines is 2. The molecule has 5 nitrogen and oxygen atoms in total. The molecule has 52 heavy (non-hydrogen) atoms. The van der Waals surface area contributed by atoms with Gasteiger partial charge in [-0.25, -0.2) is 0 Å². The van der Waals surface area contributed by atoms with Gasteiger partial charge in [-0.2, -0.15) is 0 Å². The minimum atomic E-state index is -0.170. The predicted molar refractivity (Wildman–Crippen MR) is 213 cm³/mol. The number of allylic oxidation sites excluding steroid dienone is 3. The first-order valence-corrected chi connectivity index (χ1v) is 17.7. The van der Waals surface area contributed by atoms with Gasteiger partial charge in [-0.05, 0) is 88.2 Å². The van der Waals surface area contributed by atoms with Crippen molar-refractivity contribution in [3.05, 3.63) is 193 Å². The van der Waals surface area contributed by atoms with Gasteiger partial charge in [0.25, 0.3) is 0 Å². The highest BCUT2D eigenvalue weighted by Gasteiger charge is 2.26. The fraction of sp³-hybridized carbons (Fsp3) is 0.0426. The third kappa shape index (κ3) is 5.05. The van der Waals surface area contributed by atoms with E-state index < -0.39 is 0 Å². The number of nitrogens with zero attached hydrogens (tertiary/aromatic N) is 2. The van der Waals surface area contributed by atoms with Crippen molar-refractivity contribution in [3.8, 4) is 33.6 Å². The van der Waals surface area contributed by atoms with Crippen LogP contribution >= 0.6 is 0 Å². The van der Waals surface area contributed by atoms with E-state index in [0.29, 0.717) is 0 Å². The van der Waals surface area contributed by atoms with Crippen LogP contribution in [0.2, 0.25) is 0 Å². The van der Waals surface area contributed by atoms with E-state index in [1.165, 1.54) is 5.56 Å². The number of fused-ring (bicyclic) bond motifs is 5. The summed E-state index contributed by atoms with van der Waals surface area (Å²) in [7, 11) is 0. The van der Waals surface area contributed by atoms with Gasteiger partial charge in [0, 0.05) is 46.5 Å². The normalized spacial score (nSPS) is 15.6. The maximum Gasteiger partial charge on any atom is 0.145 e. The molecule has 5 heterocycles. The summed E-state index contributed by atoms with van der Waals surface area (Å²) in [4.78, 5) is 4.19. The molecule has 0 amide bonds. The summed E-state index contributed by atoms with van der Waals surface area (Å²) in [5, 5.41) is 10.6. The zero-order valence-corrected chi connectivity index (χ0v) is 28.3. The number of furan rings is 1. The zero-order chi connectivity index (χ0) is 34.4. The maximum atomic E-state index is 7.03. The van der Waals surface area contributed by atoms with Crippen LogP contribution in [0.15, 0.2) is 192 Å². The van der Waals surface area contributed by atoms with Crippen molar-refractivity contribution in [2.75, 3.05) is 6.54 Å². The number of pyridine rings is 1. The fourth-order valence-corrected chi connectivity index (χ4v) is 7.77. The lowest BCUT2D eigenvalue weighted by Crippen LogP contribution is -2.28. The number of hydrogen-bond donors (Lipinski definition) is 2. The summed E-state index contributed by atoms with van der Waals surface area (Å²) >= 11 is 0. The van der Waals surface area contributed by atoms with Crippen LogP contribution in [0.4, 0.5) is 0 Å². The monoisotopic (exact) mass is 670 g/mol. The second kappa shape index (κ2) is 12.5. The maximum absolute atomic E-state index is 7.03. The molecule has 8 aromatic rings. The van der Waals surface area contributed by atoms with Gasteiger partial charge in [-0.1, -0.05) is 109 Å². The van der Waals surface area contributed by atoms with Crippen LogP contribution in [0, 0.1) is 0 Å². The molecule has 2 N–H and O–H groups in total. The third-order valence-corrected chi connectivity index (χ3v) is 10.2. The average molecular weight is 671 g/mol. The standard InChI is InChI=1S/C47H34N4O/c1-3-9-35(10-4-1)44-39-19-20-42-45(47(39)52-46(44)36-11-5-2-6-12-36)38-13-7-8-14-41(38)51(42)43-30-37(29-40(50-43)34-23-27-49-28-24-34)32-17-15-31(16-18-32)33-21-25-48-26-22-33/h1-27,29-30,43,49-50H,28H2. The van der Waals surface area contributed by atoms with E-state index in [-0.39, 0.29) is 6.17 Å². The van der Waals surface area contributed by atoms with Crippen molar-refractivity contribution in [3.63, 3.8) is 0 Å². The zero-order valence-electron chi connectivity index (χ0n) is 28.3. The molecule has 0 aliphatic carbocycles. The fourth-order valence-electron chi connectivity index (χ4n) is 7.77. The number of benzene rings is 5. The van der Waals surface area contributed by atoms with Crippen LogP contribution < -0.4 is 10.6 Å². The highest BCUT2D eigenvalue weighted by atomic mass is 16.3. The largest absolute Gasteiger partial charge is 0.455 e. The second-order valence-electron chi connectivity index (χ2n) is 13.2. The van der Waals surface area contributed by atoms with E-state index in [1.54, 1.807) is 0 Å². The van der Waals surface area contributed by atoms with Crippen LogP contribution in [-0.4, -0.2) is 16.1 Å². The lowest BCUT2D eigenvalue weighted by Gasteiger charge is -2.28. The minimum absolute atomic E-state index is 0.170. The van der Waals surface area contributed by atoms with Gasteiger partial charge in [0.05, 0.1) is 16.4 Å². The molecule has 248 valence electrons. The molecule has 0 saturated heterocycles. The van der Waals surface area contributed by atoms with Gasteiger partial charge in [0.1, 0.15) is 17.5 Å². The average Bonchev–Trinajstić information content (AvgIpc) is 3.79. The molecule has 0 saturated carbocycles. The van der Waals surface area contributed by atoms with Crippen LogP contribution in [0.5, 0.6) is 0 Å². The quantitative estimate of drug-likeness (QED) is 0.185. The Bertz CT molecular complexity index is 2730. The highest BCUT2D eigenvalue weighted by Crippen LogP contribution is 2.46. The van der Waals surface area contributed by atoms with E-state index in [1.807, 2.05) is 36.8 Å². The van der Waals surface area contributed by atoms with Crippen molar-refractivity contribution in [2.45, 2.75) is 6.17 Å². The number of aromatic nitrogens is 2. The molecular weight excluding hydrogens is 637 g/mol. The molecule has 5 heteroatoms. The van der Waals surface area contributed by atoms with Gasteiger partial charge in [-0.15, -0.1) is 0 Å². The van der Waals surface area contributed by atoms with Crippen LogP contribution in [0.3, 0.4) is 0 Å². The molecule has 5 aromatic carbocycles. The Hall–Kier alpha value is -6.85. The van der Waals surface area contributed by atoms with Crippen molar-refractivity contribution in [1.29, 1.82) is 0 Å². The molecule has 0 radical (unpaired) electrons. The molecule has 2 aliphatic heterocycles. The Morgan fingerprint density at radius 2 is 1.33 bits per heavy atom. The first-order chi connectivity index (χ1) is 25.8. The minimum Gasteiger partial charge on any atom is -0.455 e.